The molecule has 0 spiro atoms. The molecule has 24 heavy (non-hydrogen) atoms. The Balaban J connectivity index is 2.38. The molecule has 0 bridgehead atoms. The summed E-state index contributed by atoms with van der Waals surface area (Å²) in [7, 11) is 0. The minimum Gasteiger partial charge on any atom is -0.388 e. The maximum atomic E-state index is 10.6. The largest absolute Gasteiger partial charge is 0.388 e. The molecule has 2 saturated heterocycles. The Morgan fingerprint density at radius 2 is 1.54 bits per heavy atom. The fourth-order valence-electron chi connectivity index (χ4n) is 2.98. The average molecular weight is 351 g/mol. The summed E-state index contributed by atoms with van der Waals surface area (Å²) >= 11 is 0. The summed E-state index contributed by atoms with van der Waals surface area (Å²) in [4.78, 5) is 2.36. The fraction of sp³-hybridized carbons (Fsp3) is 1.00. The topological polar surface area (TPSA) is 209 Å². The van der Waals surface area contributed by atoms with Gasteiger partial charge in [-0.2, -0.15) is 0 Å². The third kappa shape index (κ3) is 2.66. The number of aliphatic hydroxyl groups excluding tert-OH is 5. The Morgan fingerprint density at radius 1 is 0.958 bits per heavy atom. The van der Waals surface area contributed by atoms with Gasteiger partial charge in [0.15, 0.2) is 5.72 Å². The number of azide groups is 1. The lowest BCUT2D eigenvalue weighted by molar-refractivity contribution is -0.414. The molecule has 2 aliphatic rings. The molecule has 0 amide bonds. The van der Waals surface area contributed by atoms with Gasteiger partial charge in [-0.15, -0.1) is 0 Å². The van der Waals surface area contributed by atoms with E-state index in [-0.39, 0.29) is 0 Å². The van der Waals surface area contributed by atoms with Crippen molar-refractivity contribution in [1.29, 1.82) is 0 Å². The highest BCUT2D eigenvalue weighted by Gasteiger charge is 2.65. The molecule has 10 atom stereocenters. The van der Waals surface area contributed by atoms with Crippen LogP contribution in [0, 0.1) is 0 Å². The first-order chi connectivity index (χ1) is 11.0. The van der Waals surface area contributed by atoms with Crippen molar-refractivity contribution in [2.45, 2.75) is 74.2 Å². The van der Waals surface area contributed by atoms with Crippen LogP contribution < -0.4 is 0 Å². The predicted octanol–water partition coefficient (Wildman–Crippen LogP) is -3.32. The van der Waals surface area contributed by atoms with Gasteiger partial charge in [-0.05, 0) is 19.4 Å². The average Bonchev–Trinajstić information content (AvgIpc) is 2.53. The van der Waals surface area contributed by atoms with Gasteiger partial charge in [0.2, 0.25) is 5.79 Å². The molecule has 0 aromatic heterocycles. The van der Waals surface area contributed by atoms with Gasteiger partial charge in [-0.3, -0.25) is 0 Å². The molecule has 0 aromatic rings. The Hall–Kier alpha value is -1.05. The molecule has 0 aromatic carbocycles. The molecule has 2 fully saturated rings. The zero-order valence-corrected chi connectivity index (χ0v) is 12.9. The van der Waals surface area contributed by atoms with Crippen molar-refractivity contribution in [2.75, 3.05) is 0 Å². The zero-order chi connectivity index (χ0) is 18.4. The molecular weight excluding hydrogens is 330 g/mol. The third-order valence-corrected chi connectivity index (χ3v) is 4.59. The predicted molar refractivity (Wildman–Crippen MR) is 74.0 cm³/mol. The van der Waals surface area contributed by atoms with Crippen LogP contribution in [0.1, 0.15) is 13.8 Å². The Bertz CT molecular complexity index is 532. The minimum atomic E-state index is -2.76. The smallest absolute Gasteiger partial charge is 0.225 e. The van der Waals surface area contributed by atoms with E-state index in [9.17, 15) is 35.7 Å². The monoisotopic (exact) mass is 351 g/mol. The molecule has 12 heteroatoms. The van der Waals surface area contributed by atoms with Crippen molar-refractivity contribution in [3.63, 3.8) is 0 Å². The number of hydrogen-bond donors (Lipinski definition) is 7. The van der Waals surface area contributed by atoms with Crippen LogP contribution in [0.25, 0.3) is 10.4 Å². The summed E-state index contributed by atoms with van der Waals surface area (Å²) in [5.74, 6) is -2.76. The van der Waals surface area contributed by atoms with Crippen molar-refractivity contribution in [1.82, 2.24) is 0 Å². The number of ether oxygens (including phenoxy) is 2. The first-order valence-corrected chi connectivity index (χ1v) is 7.25. The number of nitrogens with zero attached hydrogens (tertiary/aromatic N) is 3. The van der Waals surface area contributed by atoms with Gasteiger partial charge < -0.3 is 45.2 Å². The van der Waals surface area contributed by atoms with Crippen LogP contribution in [0.2, 0.25) is 0 Å². The lowest BCUT2D eigenvalue weighted by atomic mass is 9.81. The lowest BCUT2D eigenvalue weighted by Gasteiger charge is -2.54. The number of aliphatic hydroxyl groups is 7. The molecule has 12 nitrogen and oxygen atoms in total. The van der Waals surface area contributed by atoms with Crippen molar-refractivity contribution < 1.29 is 45.2 Å². The van der Waals surface area contributed by atoms with E-state index in [1.165, 1.54) is 6.92 Å². The van der Waals surface area contributed by atoms with Gasteiger partial charge in [0.05, 0.1) is 12.2 Å². The van der Waals surface area contributed by atoms with Gasteiger partial charge in [0.25, 0.3) is 0 Å². The highest BCUT2D eigenvalue weighted by molar-refractivity contribution is 5.09. The molecule has 2 unspecified atom stereocenters. The summed E-state index contributed by atoms with van der Waals surface area (Å²) in [6.45, 7) is 2.50. The van der Waals surface area contributed by atoms with E-state index in [1.54, 1.807) is 0 Å². The van der Waals surface area contributed by atoms with Crippen LogP contribution in [-0.2, 0) is 9.47 Å². The van der Waals surface area contributed by atoms with Crippen molar-refractivity contribution in [3.8, 4) is 0 Å². The highest BCUT2D eigenvalue weighted by atomic mass is 16.7. The summed E-state index contributed by atoms with van der Waals surface area (Å²) < 4.78 is 10.3. The van der Waals surface area contributed by atoms with Crippen LogP contribution in [0.3, 0.4) is 0 Å². The normalized spacial score (nSPS) is 55.7. The van der Waals surface area contributed by atoms with Gasteiger partial charge in [-0.25, -0.2) is 0 Å². The maximum Gasteiger partial charge on any atom is 0.225 e. The molecule has 0 aliphatic carbocycles. The first-order valence-electron chi connectivity index (χ1n) is 7.25. The second kappa shape index (κ2) is 6.35. The molecule has 2 heterocycles. The van der Waals surface area contributed by atoms with E-state index < -0.39 is 60.3 Å². The van der Waals surface area contributed by atoms with Gasteiger partial charge in [0, 0.05) is 4.91 Å². The van der Waals surface area contributed by atoms with Crippen LogP contribution in [-0.4, -0.2) is 96.1 Å². The maximum absolute atomic E-state index is 10.6. The number of rotatable bonds is 2. The quantitative estimate of drug-likeness (QED) is 0.150. The highest BCUT2D eigenvalue weighted by Crippen LogP contribution is 2.41. The van der Waals surface area contributed by atoms with Gasteiger partial charge >= 0.3 is 0 Å². The SMILES string of the molecule is C[C@H]1OC(C2(O)O[C@H](C)[C@](O)(N=[N+]=[N-])[C@@H](O)[C@@H]2O)[C@@H](O)[C@@H](O)[C@@H]1O. The Labute approximate surface area is 136 Å². The molecule has 0 radical (unpaired) electrons. The van der Waals surface area contributed by atoms with Crippen molar-refractivity contribution in [3.05, 3.63) is 10.4 Å². The summed E-state index contributed by atoms with van der Waals surface area (Å²) in [5, 5.41) is 73.6. The Morgan fingerprint density at radius 3 is 2.08 bits per heavy atom. The second-order valence-electron chi connectivity index (χ2n) is 6.11. The van der Waals surface area contributed by atoms with Crippen LogP contribution >= 0.6 is 0 Å². The van der Waals surface area contributed by atoms with Crippen LogP contribution in [0.15, 0.2) is 5.11 Å². The zero-order valence-electron chi connectivity index (χ0n) is 12.9. The lowest BCUT2D eigenvalue weighted by Crippen LogP contribution is -2.76. The van der Waals surface area contributed by atoms with Crippen molar-refractivity contribution >= 4 is 0 Å². The van der Waals surface area contributed by atoms with E-state index in [2.05, 4.69) is 10.0 Å². The van der Waals surface area contributed by atoms with Gasteiger partial charge in [-0.1, -0.05) is 5.11 Å². The molecule has 7 N–H and O–H groups in total. The van der Waals surface area contributed by atoms with Crippen molar-refractivity contribution in [2.24, 2.45) is 5.11 Å². The molecule has 138 valence electrons. The van der Waals surface area contributed by atoms with E-state index in [1.807, 2.05) is 0 Å². The molecule has 2 aliphatic heterocycles. The fourth-order valence-corrected chi connectivity index (χ4v) is 2.98. The second-order valence-corrected chi connectivity index (χ2v) is 6.11. The van der Waals surface area contributed by atoms with E-state index in [0.29, 0.717) is 0 Å². The van der Waals surface area contributed by atoms with E-state index >= 15 is 0 Å². The van der Waals surface area contributed by atoms with E-state index in [4.69, 9.17) is 15.0 Å². The standard InChI is InChI=1S/C12H21N3O9/c1-3-5(16)6(17)7(18)10(23-3)12(22)9(20)8(19)11(21,14-15-13)4(2)24-12/h3-10,16-22H,1-2H3/t3-,4-,5-,6+,7+,8+,9+,10?,11-,12?/m1/s1. The minimum absolute atomic E-state index is 1.04. The summed E-state index contributed by atoms with van der Waals surface area (Å²) in [6, 6.07) is 0. The third-order valence-electron chi connectivity index (χ3n) is 4.59. The number of hydrogen-bond acceptors (Lipinski definition) is 10. The molecule has 2 rings (SSSR count). The molecule has 0 saturated carbocycles. The summed E-state index contributed by atoms with van der Waals surface area (Å²) in [6.07, 6.45) is -13.8. The first kappa shape index (κ1) is 19.3. The van der Waals surface area contributed by atoms with Gasteiger partial charge in [0.1, 0.15) is 36.6 Å². The summed E-state index contributed by atoms with van der Waals surface area (Å²) in [5.41, 5.74) is 5.91. The van der Waals surface area contributed by atoms with E-state index in [0.717, 1.165) is 6.92 Å². The Kier molecular flexibility index (Phi) is 5.10. The molecular formula is C12H21N3O9. The van der Waals surface area contributed by atoms with Crippen LogP contribution in [0.5, 0.6) is 0 Å². The van der Waals surface area contributed by atoms with Crippen LogP contribution in [0.4, 0.5) is 0 Å².